The SMILES string of the molecule is CCCNCCc1ccc2[nH]c(=O)oc2c1. The summed E-state index contributed by atoms with van der Waals surface area (Å²) in [5.41, 5.74) is 2.58. The maximum absolute atomic E-state index is 11.0. The van der Waals surface area contributed by atoms with Gasteiger partial charge in [0.1, 0.15) is 0 Å². The van der Waals surface area contributed by atoms with E-state index in [1.165, 1.54) is 5.56 Å². The van der Waals surface area contributed by atoms with Gasteiger partial charge in [0.15, 0.2) is 5.58 Å². The molecule has 86 valence electrons. The molecule has 0 spiro atoms. The van der Waals surface area contributed by atoms with Gasteiger partial charge in [-0.05, 0) is 43.6 Å². The summed E-state index contributed by atoms with van der Waals surface area (Å²) in [6.45, 7) is 4.14. The molecule has 2 aromatic rings. The minimum atomic E-state index is -0.392. The number of aromatic nitrogens is 1. The molecule has 1 aromatic carbocycles. The standard InChI is InChI=1S/C12H16N2O2/c1-2-6-13-7-5-9-3-4-10-11(8-9)16-12(15)14-10/h3-4,8,13H,2,5-7H2,1H3,(H,14,15). The quantitative estimate of drug-likeness (QED) is 0.753. The molecular weight excluding hydrogens is 204 g/mol. The van der Waals surface area contributed by atoms with Gasteiger partial charge in [-0.1, -0.05) is 13.0 Å². The van der Waals surface area contributed by atoms with E-state index in [2.05, 4.69) is 17.2 Å². The van der Waals surface area contributed by atoms with Crippen LogP contribution in [-0.2, 0) is 6.42 Å². The van der Waals surface area contributed by atoms with E-state index in [1.807, 2.05) is 18.2 Å². The zero-order valence-electron chi connectivity index (χ0n) is 9.38. The van der Waals surface area contributed by atoms with E-state index in [4.69, 9.17) is 4.42 Å². The van der Waals surface area contributed by atoms with Crippen LogP contribution in [0.4, 0.5) is 0 Å². The van der Waals surface area contributed by atoms with Gasteiger partial charge in [-0.3, -0.25) is 4.98 Å². The van der Waals surface area contributed by atoms with Gasteiger partial charge in [0.25, 0.3) is 0 Å². The topological polar surface area (TPSA) is 58.0 Å². The number of aromatic amines is 1. The van der Waals surface area contributed by atoms with Crippen molar-refractivity contribution in [2.45, 2.75) is 19.8 Å². The number of rotatable bonds is 5. The Morgan fingerprint density at radius 2 is 2.25 bits per heavy atom. The molecule has 0 saturated carbocycles. The molecule has 2 N–H and O–H groups in total. The highest BCUT2D eigenvalue weighted by molar-refractivity contribution is 5.72. The zero-order valence-corrected chi connectivity index (χ0v) is 9.38. The Kier molecular flexibility index (Phi) is 3.41. The lowest BCUT2D eigenvalue weighted by molar-refractivity contribution is 0.555. The van der Waals surface area contributed by atoms with Crippen molar-refractivity contribution >= 4 is 11.1 Å². The summed E-state index contributed by atoms with van der Waals surface area (Å²) in [7, 11) is 0. The first kappa shape index (κ1) is 11.0. The minimum absolute atomic E-state index is 0.392. The first-order valence-corrected chi connectivity index (χ1v) is 5.62. The van der Waals surface area contributed by atoms with Crippen LogP contribution >= 0.6 is 0 Å². The highest BCUT2D eigenvalue weighted by Gasteiger charge is 2.01. The number of H-pyrrole nitrogens is 1. The van der Waals surface area contributed by atoms with Gasteiger partial charge in [-0.2, -0.15) is 0 Å². The number of fused-ring (bicyclic) bond motifs is 1. The Morgan fingerprint density at radius 3 is 3.06 bits per heavy atom. The molecule has 0 atom stereocenters. The van der Waals surface area contributed by atoms with Gasteiger partial charge in [0.05, 0.1) is 5.52 Å². The summed E-state index contributed by atoms with van der Waals surface area (Å²) >= 11 is 0. The molecule has 0 aliphatic heterocycles. The van der Waals surface area contributed by atoms with Crippen LogP contribution < -0.4 is 11.1 Å². The Labute approximate surface area is 93.7 Å². The van der Waals surface area contributed by atoms with Crippen molar-refractivity contribution in [2.75, 3.05) is 13.1 Å². The van der Waals surface area contributed by atoms with E-state index in [-0.39, 0.29) is 0 Å². The van der Waals surface area contributed by atoms with Gasteiger partial charge in [-0.15, -0.1) is 0 Å². The molecule has 4 nitrogen and oxygen atoms in total. The third-order valence-electron chi connectivity index (χ3n) is 2.50. The molecule has 0 aliphatic carbocycles. The third kappa shape index (κ3) is 2.52. The molecule has 0 aliphatic rings. The molecule has 0 amide bonds. The molecule has 0 saturated heterocycles. The van der Waals surface area contributed by atoms with Crippen molar-refractivity contribution in [3.63, 3.8) is 0 Å². The summed E-state index contributed by atoms with van der Waals surface area (Å²) in [4.78, 5) is 13.6. The van der Waals surface area contributed by atoms with E-state index in [9.17, 15) is 4.79 Å². The van der Waals surface area contributed by atoms with Gasteiger partial charge in [0.2, 0.25) is 0 Å². The Morgan fingerprint density at radius 1 is 1.38 bits per heavy atom. The number of nitrogens with one attached hydrogen (secondary N) is 2. The fourth-order valence-corrected chi connectivity index (χ4v) is 1.68. The Bertz CT molecular complexity index is 513. The monoisotopic (exact) mass is 220 g/mol. The second-order valence-electron chi connectivity index (χ2n) is 3.85. The van der Waals surface area contributed by atoms with E-state index >= 15 is 0 Å². The molecule has 0 bridgehead atoms. The van der Waals surface area contributed by atoms with Crippen molar-refractivity contribution < 1.29 is 4.42 Å². The molecule has 0 fully saturated rings. The van der Waals surface area contributed by atoms with Crippen LogP contribution in [0.15, 0.2) is 27.4 Å². The average molecular weight is 220 g/mol. The summed E-state index contributed by atoms with van der Waals surface area (Å²) in [6.07, 6.45) is 2.09. The fraction of sp³-hybridized carbons (Fsp3) is 0.417. The van der Waals surface area contributed by atoms with Crippen LogP contribution in [0.3, 0.4) is 0 Å². The van der Waals surface area contributed by atoms with Crippen LogP contribution in [0.25, 0.3) is 11.1 Å². The summed E-state index contributed by atoms with van der Waals surface area (Å²) in [6, 6.07) is 5.82. The maximum Gasteiger partial charge on any atom is 0.417 e. The van der Waals surface area contributed by atoms with Crippen LogP contribution in [0.2, 0.25) is 0 Å². The van der Waals surface area contributed by atoms with Crippen LogP contribution in [0.5, 0.6) is 0 Å². The van der Waals surface area contributed by atoms with Gasteiger partial charge in [0, 0.05) is 0 Å². The van der Waals surface area contributed by atoms with Gasteiger partial charge in [-0.25, -0.2) is 4.79 Å². The van der Waals surface area contributed by atoms with Gasteiger partial charge >= 0.3 is 5.76 Å². The normalized spacial score (nSPS) is 11.1. The first-order chi connectivity index (χ1) is 7.79. The number of benzene rings is 1. The van der Waals surface area contributed by atoms with Crippen molar-refractivity contribution in [3.8, 4) is 0 Å². The fourth-order valence-electron chi connectivity index (χ4n) is 1.68. The second kappa shape index (κ2) is 4.99. The predicted octanol–water partition coefficient (Wildman–Crippen LogP) is 1.66. The highest BCUT2D eigenvalue weighted by Crippen LogP contribution is 2.12. The average Bonchev–Trinajstić information content (AvgIpc) is 2.64. The highest BCUT2D eigenvalue weighted by atomic mass is 16.4. The van der Waals surface area contributed by atoms with E-state index in [1.54, 1.807) is 0 Å². The van der Waals surface area contributed by atoms with Crippen molar-refractivity contribution in [3.05, 3.63) is 34.3 Å². The van der Waals surface area contributed by atoms with Gasteiger partial charge < -0.3 is 9.73 Å². The lowest BCUT2D eigenvalue weighted by atomic mass is 10.1. The number of oxazole rings is 1. The summed E-state index contributed by atoms with van der Waals surface area (Å²) < 4.78 is 5.00. The maximum atomic E-state index is 11.0. The lowest BCUT2D eigenvalue weighted by Gasteiger charge is -2.02. The smallest absolute Gasteiger partial charge is 0.408 e. The van der Waals surface area contributed by atoms with Crippen LogP contribution in [0, 0.1) is 0 Å². The van der Waals surface area contributed by atoms with Crippen LogP contribution in [-0.4, -0.2) is 18.1 Å². The molecule has 0 unspecified atom stereocenters. The molecule has 4 heteroatoms. The Hall–Kier alpha value is -1.55. The number of hydrogen-bond acceptors (Lipinski definition) is 3. The van der Waals surface area contributed by atoms with Crippen molar-refractivity contribution in [1.29, 1.82) is 0 Å². The summed E-state index contributed by atoms with van der Waals surface area (Å²) in [5, 5.41) is 3.34. The predicted molar refractivity (Wildman–Crippen MR) is 63.7 cm³/mol. The van der Waals surface area contributed by atoms with Crippen molar-refractivity contribution in [2.24, 2.45) is 0 Å². The van der Waals surface area contributed by atoms with E-state index in [0.29, 0.717) is 5.58 Å². The molecule has 1 aromatic heterocycles. The van der Waals surface area contributed by atoms with Crippen molar-refractivity contribution in [1.82, 2.24) is 10.3 Å². The van der Waals surface area contributed by atoms with E-state index < -0.39 is 5.76 Å². The lowest BCUT2D eigenvalue weighted by Crippen LogP contribution is -2.17. The van der Waals surface area contributed by atoms with Crippen LogP contribution in [0.1, 0.15) is 18.9 Å². The molecule has 2 rings (SSSR count). The minimum Gasteiger partial charge on any atom is -0.408 e. The molecule has 16 heavy (non-hydrogen) atoms. The number of hydrogen-bond donors (Lipinski definition) is 2. The Balaban J connectivity index is 2.04. The van der Waals surface area contributed by atoms with E-state index in [0.717, 1.165) is 31.4 Å². The zero-order chi connectivity index (χ0) is 11.4. The molecular formula is C12H16N2O2. The second-order valence-corrected chi connectivity index (χ2v) is 3.85. The first-order valence-electron chi connectivity index (χ1n) is 5.62. The molecule has 0 radical (unpaired) electrons. The largest absolute Gasteiger partial charge is 0.417 e. The summed E-state index contributed by atoms with van der Waals surface area (Å²) in [5.74, 6) is -0.392. The molecule has 1 heterocycles. The third-order valence-corrected chi connectivity index (χ3v) is 2.50.